The summed E-state index contributed by atoms with van der Waals surface area (Å²) in [7, 11) is 1.46. The van der Waals surface area contributed by atoms with Gasteiger partial charge in [-0.1, -0.05) is 61.9 Å². The zero-order valence-corrected chi connectivity index (χ0v) is 30.6. The van der Waals surface area contributed by atoms with Gasteiger partial charge in [0, 0.05) is 32.2 Å². The molecule has 1 fully saturated rings. The molecule has 53 heavy (non-hydrogen) atoms. The summed E-state index contributed by atoms with van der Waals surface area (Å²) >= 11 is 0. The lowest BCUT2D eigenvalue weighted by atomic mass is 9.89. The van der Waals surface area contributed by atoms with Gasteiger partial charge >= 0.3 is 11.9 Å². The smallest absolute Gasteiger partial charge is 0.338 e. The van der Waals surface area contributed by atoms with Gasteiger partial charge in [0.15, 0.2) is 6.10 Å². The van der Waals surface area contributed by atoms with Crippen LogP contribution in [-0.2, 0) is 30.2 Å². The SMILES string of the molecule is CCCCOc1cc(O[C@@H]2OC(C)(C)[C@H](OC)[C@@H](OC(=O)c3ccccc3)[C@H]2OC(=O)c2ccccc2)cc(-c2cccc(F)c2)c1CCNC(C)=O. The molecule has 0 radical (unpaired) electrons. The van der Waals surface area contributed by atoms with E-state index in [9.17, 15) is 18.8 Å². The van der Waals surface area contributed by atoms with Gasteiger partial charge in [-0.15, -0.1) is 0 Å². The average Bonchev–Trinajstić information content (AvgIpc) is 3.14. The van der Waals surface area contributed by atoms with Gasteiger partial charge in [0.1, 0.15) is 23.4 Å². The molecule has 0 aromatic heterocycles. The lowest BCUT2D eigenvalue weighted by Crippen LogP contribution is -2.66. The molecular formula is C42H46FNO9. The maximum atomic E-state index is 14.7. The van der Waals surface area contributed by atoms with Crippen molar-refractivity contribution in [3.63, 3.8) is 0 Å². The summed E-state index contributed by atoms with van der Waals surface area (Å²) < 4.78 is 52.2. The number of amides is 1. The Bertz CT molecular complexity index is 1850. The molecule has 1 aliphatic rings. The molecule has 1 N–H and O–H groups in total. The van der Waals surface area contributed by atoms with E-state index in [4.69, 9.17) is 28.4 Å². The molecule has 1 saturated heterocycles. The van der Waals surface area contributed by atoms with E-state index in [2.05, 4.69) is 5.32 Å². The van der Waals surface area contributed by atoms with E-state index in [0.717, 1.165) is 18.4 Å². The molecule has 1 amide bonds. The number of halogens is 1. The molecule has 0 unspecified atom stereocenters. The third-order valence-corrected chi connectivity index (χ3v) is 8.83. The Labute approximate surface area is 309 Å². The first-order valence-electron chi connectivity index (χ1n) is 17.7. The quantitative estimate of drug-likeness (QED) is 0.0992. The van der Waals surface area contributed by atoms with E-state index in [0.29, 0.717) is 42.0 Å². The number of carbonyl (C=O) groups excluding carboxylic acids is 3. The Morgan fingerprint density at radius 3 is 2.08 bits per heavy atom. The van der Waals surface area contributed by atoms with E-state index in [-0.39, 0.29) is 17.2 Å². The minimum atomic E-state index is -1.33. The van der Waals surface area contributed by atoms with Gasteiger partial charge in [-0.05, 0) is 80.3 Å². The molecule has 0 aliphatic carbocycles. The summed E-state index contributed by atoms with van der Waals surface area (Å²) in [5, 5.41) is 2.83. The minimum Gasteiger partial charge on any atom is -0.493 e. The van der Waals surface area contributed by atoms with Crippen molar-refractivity contribution in [3.8, 4) is 22.6 Å². The van der Waals surface area contributed by atoms with Gasteiger partial charge in [-0.2, -0.15) is 0 Å². The largest absolute Gasteiger partial charge is 0.493 e. The molecule has 1 aliphatic heterocycles. The molecule has 4 aromatic carbocycles. The minimum absolute atomic E-state index is 0.184. The second kappa shape index (κ2) is 18.0. The molecular weight excluding hydrogens is 681 g/mol. The molecule has 280 valence electrons. The number of esters is 2. The van der Waals surface area contributed by atoms with Crippen LogP contribution in [0.5, 0.6) is 11.5 Å². The molecule has 11 heteroatoms. The number of ether oxygens (including phenoxy) is 6. The Morgan fingerprint density at radius 1 is 0.849 bits per heavy atom. The van der Waals surface area contributed by atoms with Crippen LogP contribution in [0.1, 0.15) is 66.8 Å². The predicted molar refractivity (Wildman–Crippen MR) is 196 cm³/mol. The van der Waals surface area contributed by atoms with E-state index >= 15 is 0 Å². The van der Waals surface area contributed by atoms with Crippen molar-refractivity contribution >= 4 is 17.8 Å². The lowest BCUT2D eigenvalue weighted by Gasteiger charge is -2.48. The fraction of sp³-hybridized carbons (Fsp3) is 0.357. The van der Waals surface area contributed by atoms with Crippen LogP contribution in [0.25, 0.3) is 11.1 Å². The molecule has 4 aromatic rings. The van der Waals surface area contributed by atoms with Crippen molar-refractivity contribution in [1.82, 2.24) is 5.32 Å². The van der Waals surface area contributed by atoms with Gasteiger partial charge in [0.25, 0.3) is 0 Å². The summed E-state index contributed by atoms with van der Waals surface area (Å²) in [6.45, 7) is 7.72. The normalized spacial score (nSPS) is 19.1. The van der Waals surface area contributed by atoms with E-state index < -0.39 is 48.0 Å². The molecule has 0 spiro atoms. The van der Waals surface area contributed by atoms with Gasteiger partial charge in [-0.25, -0.2) is 14.0 Å². The Hall–Kier alpha value is -5.26. The fourth-order valence-corrected chi connectivity index (χ4v) is 6.26. The zero-order chi connectivity index (χ0) is 38.0. The highest BCUT2D eigenvalue weighted by atomic mass is 19.1. The Morgan fingerprint density at radius 2 is 1.49 bits per heavy atom. The summed E-state index contributed by atoms with van der Waals surface area (Å²) in [6, 6.07) is 26.4. The highest BCUT2D eigenvalue weighted by Gasteiger charge is 2.55. The topological polar surface area (TPSA) is 119 Å². The second-order valence-electron chi connectivity index (χ2n) is 13.2. The van der Waals surface area contributed by atoms with Gasteiger partial charge < -0.3 is 33.7 Å². The number of rotatable bonds is 15. The maximum Gasteiger partial charge on any atom is 0.338 e. The van der Waals surface area contributed by atoms with Crippen LogP contribution in [0.4, 0.5) is 4.39 Å². The van der Waals surface area contributed by atoms with E-state index in [1.165, 1.54) is 26.2 Å². The third kappa shape index (κ3) is 10.00. The number of unbranched alkanes of at least 4 members (excludes halogenated alkanes) is 1. The van der Waals surface area contributed by atoms with Crippen molar-refractivity contribution in [2.75, 3.05) is 20.3 Å². The van der Waals surface area contributed by atoms with Crippen molar-refractivity contribution in [3.05, 3.63) is 120 Å². The number of benzene rings is 4. The number of hydrogen-bond acceptors (Lipinski definition) is 9. The van der Waals surface area contributed by atoms with Crippen LogP contribution in [0.2, 0.25) is 0 Å². The van der Waals surface area contributed by atoms with E-state index in [1.807, 2.05) is 6.92 Å². The fourth-order valence-electron chi connectivity index (χ4n) is 6.26. The first-order valence-corrected chi connectivity index (χ1v) is 17.7. The van der Waals surface area contributed by atoms with Crippen LogP contribution in [-0.4, -0.2) is 68.3 Å². The molecule has 0 bridgehead atoms. The molecule has 4 atom stereocenters. The summed E-state index contributed by atoms with van der Waals surface area (Å²) in [5.74, 6) is -1.25. The lowest BCUT2D eigenvalue weighted by molar-refractivity contribution is -0.304. The van der Waals surface area contributed by atoms with Crippen LogP contribution >= 0.6 is 0 Å². The van der Waals surface area contributed by atoms with Crippen LogP contribution in [0.15, 0.2) is 97.1 Å². The van der Waals surface area contributed by atoms with Crippen LogP contribution in [0, 0.1) is 5.82 Å². The van der Waals surface area contributed by atoms with Crippen molar-refractivity contribution < 1.29 is 47.2 Å². The number of carbonyl (C=O) groups is 3. The summed E-state index contributed by atoms with van der Waals surface area (Å²) in [5.41, 5.74) is 1.33. The van der Waals surface area contributed by atoms with Crippen molar-refractivity contribution in [2.24, 2.45) is 0 Å². The Balaban J connectivity index is 1.61. The van der Waals surface area contributed by atoms with Gasteiger partial charge in [-0.3, -0.25) is 4.79 Å². The monoisotopic (exact) mass is 727 g/mol. The van der Waals surface area contributed by atoms with E-state index in [1.54, 1.807) is 98.8 Å². The van der Waals surface area contributed by atoms with Crippen LogP contribution in [0.3, 0.4) is 0 Å². The van der Waals surface area contributed by atoms with Crippen molar-refractivity contribution in [2.45, 2.75) is 77.2 Å². The molecule has 10 nitrogen and oxygen atoms in total. The first-order chi connectivity index (χ1) is 25.5. The number of hydrogen-bond donors (Lipinski definition) is 1. The highest BCUT2D eigenvalue weighted by molar-refractivity contribution is 5.90. The average molecular weight is 728 g/mol. The molecule has 1 heterocycles. The molecule has 5 rings (SSSR count). The van der Waals surface area contributed by atoms with Gasteiger partial charge in [0.05, 0.1) is 23.3 Å². The third-order valence-electron chi connectivity index (χ3n) is 8.83. The Kier molecular flexibility index (Phi) is 13.2. The summed E-state index contributed by atoms with van der Waals surface area (Å²) in [6.07, 6.45) is -2.69. The van der Waals surface area contributed by atoms with Gasteiger partial charge in [0.2, 0.25) is 18.3 Å². The number of methoxy groups -OCH3 is 1. The standard InChI is InChI=1S/C42H46FNO9/c1-6-7-23-49-35-26-32(25-34(30-19-14-20-31(43)24-30)33(35)21-22-44-27(2)45)50-41-37(52-40(47)29-17-12-9-13-18-29)36(38(48-5)42(3,4)53-41)51-39(46)28-15-10-8-11-16-28/h8-20,24-26,36-38,41H,6-7,21-23H2,1-5H3,(H,44,45)/t36-,37+,38+,41+/m0/s1. The second-order valence-corrected chi connectivity index (χ2v) is 13.2. The number of nitrogens with one attached hydrogen (secondary N) is 1. The zero-order valence-electron chi connectivity index (χ0n) is 30.6. The summed E-state index contributed by atoms with van der Waals surface area (Å²) in [4.78, 5) is 38.9. The first kappa shape index (κ1) is 39.0. The predicted octanol–water partition coefficient (Wildman–Crippen LogP) is 7.33. The maximum absolute atomic E-state index is 14.7. The highest BCUT2D eigenvalue weighted by Crippen LogP contribution is 2.40. The van der Waals surface area contributed by atoms with Crippen LogP contribution < -0.4 is 14.8 Å². The molecule has 0 saturated carbocycles. The van der Waals surface area contributed by atoms with Crippen molar-refractivity contribution in [1.29, 1.82) is 0 Å².